The van der Waals surface area contributed by atoms with Gasteiger partial charge in [-0.1, -0.05) is 19.1 Å². The van der Waals surface area contributed by atoms with Gasteiger partial charge in [0.15, 0.2) is 0 Å². The molecule has 0 fully saturated rings. The molecule has 0 aliphatic heterocycles. The first kappa shape index (κ1) is 14.8. The second-order valence-corrected chi connectivity index (χ2v) is 4.80. The van der Waals surface area contributed by atoms with Crippen molar-refractivity contribution >= 4 is 17.6 Å². The summed E-state index contributed by atoms with van der Waals surface area (Å²) in [6, 6.07) is 7.54. The van der Waals surface area contributed by atoms with E-state index in [2.05, 4.69) is 5.32 Å². The number of carbonyl (C=O) groups excluding carboxylic acids is 1. The highest BCUT2D eigenvalue weighted by molar-refractivity contribution is 6.06. The fourth-order valence-electron chi connectivity index (χ4n) is 2.13. The second-order valence-electron chi connectivity index (χ2n) is 4.80. The molecule has 110 valence electrons. The number of benzene rings is 1. The van der Waals surface area contributed by atoms with Crippen LogP contribution in [0.4, 0.5) is 5.69 Å². The van der Waals surface area contributed by atoms with Crippen LogP contribution in [0.1, 0.15) is 34.2 Å². The molecule has 0 unspecified atom stereocenters. The fraction of sp³-hybridized carbons (Fsp3) is 0.250. The molecule has 0 atom stereocenters. The van der Waals surface area contributed by atoms with Crippen LogP contribution in [0.15, 0.2) is 34.9 Å². The minimum Gasteiger partial charge on any atom is -0.481 e. The summed E-state index contributed by atoms with van der Waals surface area (Å²) < 4.78 is 5.17. The Hall–Kier alpha value is -2.56. The van der Waals surface area contributed by atoms with Crippen molar-refractivity contribution in [2.45, 2.75) is 26.7 Å². The van der Waals surface area contributed by atoms with Gasteiger partial charge in [0.1, 0.15) is 12.2 Å². The standard InChI is InChI=1S/C16H17NO4/c1-3-11-5-4-6-12(7-11)17-16(20)15-10(2)9-21-13(15)8-14(18)19/h4-7,9H,3,8H2,1-2H3,(H,17,20)(H,18,19). The summed E-state index contributed by atoms with van der Waals surface area (Å²) >= 11 is 0. The van der Waals surface area contributed by atoms with Crippen LogP contribution in [-0.2, 0) is 17.6 Å². The van der Waals surface area contributed by atoms with Crippen LogP contribution in [0.5, 0.6) is 0 Å². The highest BCUT2D eigenvalue weighted by atomic mass is 16.4. The molecule has 2 rings (SSSR count). The smallest absolute Gasteiger partial charge is 0.311 e. The van der Waals surface area contributed by atoms with Gasteiger partial charge in [-0.2, -0.15) is 0 Å². The molecule has 0 saturated heterocycles. The van der Waals surface area contributed by atoms with Gasteiger partial charge < -0.3 is 14.8 Å². The molecule has 21 heavy (non-hydrogen) atoms. The maximum absolute atomic E-state index is 12.3. The van der Waals surface area contributed by atoms with E-state index in [4.69, 9.17) is 9.52 Å². The lowest BCUT2D eigenvalue weighted by atomic mass is 10.1. The lowest BCUT2D eigenvalue weighted by Gasteiger charge is -2.07. The van der Waals surface area contributed by atoms with E-state index in [-0.39, 0.29) is 18.1 Å². The highest BCUT2D eigenvalue weighted by Crippen LogP contribution is 2.20. The largest absolute Gasteiger partial charge is 0.481 e. The molecule has 2 aromatic rings. The summed E-state index contributed by atoms with van der Waals surface area (Å²) in [4.78, 5) is 23.1. The van der Waals surface area contributed by atoms with Crippen LogP contribution in [0.2, 0.25) is 0 Å². The molecule has 1 amide bonds. The monoisotopic (exact) mass is 287 g/mol. The molecule has 0 aliphatic carbocycles. The Morgan fingerprint density at radius 2 is 2.10 bits per heavy atom. The van der Waals surface area contributed by atoms with Gasteiger partial charge in [-0.3, -0.25) is 9.59 Å². The zero-order valence-corrected chi connectivity index (χ0v) is 12.0. The summed E-state index contributed by atoms with van der Waals surface area (Å²) in [6.07, 6.45) is 1.96. The van der Waals surface area contributed by atoms with E-state index in [1.807, 2.05) is 25.1 Å². The van der Waals surface area contributed by atoms with Crippen LogP contribution < -0.4 is 5.32 Å². The number of aliphatic carboxylic acids is 1. The van der Waals surface area contributed by atoms with E-state index in [1.165, 1.54) is 6.26 Å². The minimum absolute atomic E-state index is 0.171. The first-order chi connectivity index (χ1) is 10.0. The second kappa shape index (κ2) is 6.26. The highest BCUT2D eigenvalue weighted by Gasteiger charge is 2.20. The summed E-state index contributed by atoms with van der Waals surface area (Å²) in [5.41, 5.74) is 2.71. The molecular weight excluding hydrogens is 270 g/mol. The number of furan rings is 1. The fourth-order valence-corrected chi connectivity index (χ4v) is 2.13. The van der Waals surface area contributed by atoms with Gasteiger partial charge in [-0.15, -0.1) is 0 Å². The number of aryl methyl sites for hydroxylation is 2. The van der Waals surface area contributed by atoms with Gasteiger partial charge in [0.05, 0.1) is 11.8 Å². The van der Waals surface area contributed by atoms with Crippen LogP contribution in [0.3, 0.4) is 0 Å². The van der Waals surface area contributed by atoms with Gasteiger partial charge in [0, 0.05) is 11.3 Å². The van der Waals surface area contributed by atoms with Crippen molar-refractivity contribution in [1.82, 2.24) is 0 Å². The number of hydrogen-bond acceptors (Lipinski definition) is 3. The quantitative estimate of drug-likeness (QED) is 0.885. The normalized spacial score (nSPS) is 10.4. The third-order valence-corrected chi connectivity index (χ3v) is 3.18. The van der Waals surface area contributed by atoms with Gasteiger partial charge in [-0.05, 0) is 31.0 Å². The first-order valence-corrected chi connectivity index (χ1v) is 6.70. The van der Waals surface area contributed by atoms with Crippen molar-refractivity contribution in [2.24, 2.45) is 0 Å². The Kier molecular flexibility index (Phi) is 4.42. The lowest BCUT2D eigenvalue weighted by molar-refractivity contribution is -0.136. The summed E-state index contributed by atoms with van der Waals surface area (Å²) in [7, 11) is 0. The predicted molar refractivity (Wildman–Crippen MR) is 78.6 cm³/mol. The Bertz CT molecular complexity index is 673. The number of anilines is 1. The van der Waals surface area contributed by atoms with Crippen molar-refractivity contribution in [2.75, 3.05) is 5.32 Å². The van der Waals surface area contributed by atoms with Gasteiger partial charge in [0.2, 0.25) is 0 Å². The Labute approximate surface area is 122 Å². The number of carbonyl (C=O) groups is 2. The van der Waals surface area contributed by atoms with E-state index < -0.39 is 5.97 Å². The van der Waals surface area contributed by atoms with E-state index in [9.17, 15) is 9.59 Å². The summed E-state index contributed by atoms with van der Waals surface area (Å²) in [6.45, 7) is 3.75. The number of carboxylic acid groups (broad SMARTS) is 1. The minimum atomic E-state index is -1.04. The van der Waals surface area contributed by atoms with Gasteiger partial charge in [-0.25, -0.2) is 0 Å². The third kappa shape index (κ3) is 3.51. The molecule has 0 bridgehead atoms. The van der Waals surface area contributed by atoms with Crippen molar-refractivity contribution < 1.29 is 19.1 Å². The molecule has 0 aliphatic rings. The van der Waals surface area contributed by atoms with E-state index in [1.54, 1.807) is 13.0 Å². The molecule has 2 N–H and O–H groups in total. The van der Waals surface area contributed by atoms with E-state index in [0.29, 0.717) is 16.8 Å². The van der Waals surface area contributed by atoms with E-state index >= 15 is 0 Å². The molecule has 5 heteroatoms. The van der Waals surface area contributed by atoms with Crippen molar-refractivity contribution in [3.63, 3.8) is 0 Å². The third-order valence-electron chi connectivity index (χ3n) is 3.18. The Balaban J connectivity index is 2.23. The number of amides is 1. The maximum atomic E-state index is 12.3. The molecule has 1 aromatic carbocycles. The van der Waals surface area contributed by atoms with Crippen molar-refractivity contribution in [3.05, 3.63) is 53.0 Å². The van der Waals surface area contributed by atoms with Crippen molar-refractivity contribution in [1.29, 1.82) is 0 Å². The van der Waals surface area contributed by atoms with Gasteiger partial charge in [0.25, 0.3) is 5.91 Å². The first-order valence-electron chi connectivity index (χ1n) is 6.70. The van der Waals surface area contributed by atoms with Crippen LogP contribution in [0, 0.1) is 6.92 Å². The Morgan fingerprint density at radius 3 is 2.76 bits per heavy atom. The lowest BCUT2D eigenvalue weighted by Crippen LogP contribution is -2.15. The van der Waals surface area contributed by atoms with Crippen LogP contribution in [-0.4, -0.2) is 17.0 Å². The van der Waals surface area contributed by atoms with Crippen LogP contribution >= 0.6 is 0 Å². The number of hydrogen-bond donors (Lipinski definition) is 2. The maximum Gasteiger partial charge on any atom is 0.311 e. The SMILES string of the molecule is CCc1cccc(NC(=O)c2c(C)coc2CC(=O)O)c1. The predicted octanol–water partition coefficient (Wildman–Crippen LogP) is 3.03. The average Bonchev–Trinajstić information content (AvgIpc) is 2.79. The Morgan fingerprint density at radius 1 is 1.33 bits per heavy atom. The molecule has 5 nitrogen and oxygen atoms in total. The van der Waals surface area contributed by atoms with Crippen molar-refractivity contribution in [3.8, 4) is 0 Å². The number of carboxylic acids is 1. The summed E-state index contributed by atoms with van der Waals surface area (Å²) in [5, 5.41) is 11.6. The average molecular weight is 287 g/mol. The van der Waals surface area contributed by atoms with E-state index in [0.717, 1.165) is 12.0 Å². The number of nitrogens with one attached hydrogen (secondary N) is 1. The molecule has 1 aromatic heterocycles. The number of rotatable bonds is 5. The topological polar surface area (TPSA) is 79.5 Å². The zero-order valence-electron chi connectivity index (χ0n) is 12.0. The molecule has 0 radical (unpaired) electrons. The summed E-state index contributed by atoms with van der Waals surface area (Å²) in [5.74, 6) is -1.22. The zero-order chi connectivity index (χ0) is 15.4. The molecule has 0 spiro atoms. The molecule has 0 saturated carbocycles. The molecule has 1 heterocycles. The molecular formula is C16H17NO4. The van der Waals surface area contributed by atoms with Gasteiger partial charge >= 0.3 is 5.97 Å². The van der Waals surface area contributed by atoms with Crippen LogP contribution in [0.25, 0.3) is 0 Å².